The molecule has 1 unspecified atom stereocenters. The highest BCUT2D eigenvalue weighted by Gasteiger charge is 2.06. The van der Waals surface area contributed by atoms with Crippen LogP contribution in [0.1, 0.15) is 0 Å². The first-order chi connectivity index (χ1) is 7.34. The van der Waals surface area contributed by atoms with Crippen molar-refractivity contribution in [2.45, 2.75) is 5.66 Å². The predicted octanol–water partition coefficient (Wildman–Crippen LogP) is 3.56. The average molecular weight is 233 g/mol. The van der Waals surface area contributed by atoms with Crippen LogP contribution in [-0.2, 0) is 0 Å². The van der Waals surface area contributed by atoms with Gasteiger partial charge in [-0.3, -0.25) is 0 Å². The normalized spacial score (nSPS) is 15.2. The SMILES string of the molecule is S=C(Nc1ccccc1)PC1C=CC=C1. The van der Waals surface area contributed by atoms with E-state index in [0.717, 1.165) is 10.4 Å². The summed E-state index contributed by atoms with van der Waals surface area (Å²) in [5, 5.41) is 3.24. The van der Waals surface area contributed by atoms with Crippen LogP contribution in [0.3, 0.4) is 0 Å². The molecule has 0 bridgehead atoms. The molecule has 0 aromatic heterocycles. The molecule has 1 N–H and O–H groups in total. The number of hydrogen-bond acceptors (Lipinski definition) is 1. The molecule has 0 fully saturated rings. The fraction of sp³-hybridized carbons (Fsp3) is 0.0833. The lowest BCUT2D eigenvalue weighted by atomic mass is 10.3. The van der Waals surface area contributed by atoms with Crippen LogP contribution in [0.5, 0.6) is 0 Å². The number of benzene rings is 1. The lowest BCUT2D eigenvalue weighted by Crippen LogP contribution is -2.05. The minimum Gasteiger partial charge on any atom is -0.347 e. The lowest BCUT2D eigenvalue weighted by Gasteiger charge is -2.09. The molecule has 3 heteroatoms. The first-order valence-electron chi connectivity index (χ1n) is 4.82. The fourth-order valence-electron chi connectivity index (χ4n) is 1.37. The van der Waals surface area contributed by atoms with Crippen molar-refractivity contribution in [2.75, 3.05) is 5.32 Å². The van der Waals surface area contributed by atoms with Crippen molar-refractivity contribution in [3.63, 3.8) is 0 Å². The van der Waals surface area contributed by atoms with Gasteiger partial charge in [0.25, 0.3) is 0 Å². The summed E-state index contributed by atoms with van der Waals surface area (Å²) in [7, 11) is 0.632. The smallest absolute Gasteiger partial charge is 0.100 e. The summed E-state index contributed by atoms with van der Waals surface area (Å²) in [6.45, 7) is 0. The topological polar surface area (TPSA) is 12.0 Å². The molecule has 0 radical (unpaired) electrons. The molecule has 0 spiro atoms. The first-order valence-corrected chi connectivity index (χ1v) is 6.31. The maximum absolute atomic E-state index is 5.31. The van der Waals surface area contributed by atoms with Gasteiger partial charge in [0.2, 0.25) is 0 Å². The van der Waals surface area contributed by atoms with E-state index in [4.69, 9.17) is 12.2 Å². The molecule has 1 aliphatic carbocycles. The van der Waals surface area contributed by atoms with Gasteiger partial charge in [0.15, 0.2) is 0 Å². The summed E-state index contributed by atoms with van der Waals surface area (Å²) >= 11 is 5.31. The lowest BCUT2D eigenvalue weighted by molar-refractivity contribution is 1.47. The minimum absolute atomic E-state index is 0.494. The van der Waals surface area contributed by atoms with Crippen LogP contribution in [0.15, 0.2) is 54.6 Å². The van der Waals surface area contributed by atoms with E-state index >= 15 is 0 Å². The number of hydrogen-bond donors (Lipinski definition) is 1. The Kier molecular flexibility index (Phi) is 3.65. The van der Waals surface area contributed by atoms with Crippen molar-refractivity contribution in [1.29, 1.82) is 0 Å². The fourth-order valence-corrected chi connectivity index (χ4v) is 2.83. The van der Waals surface area contributed by atoms with Gasteiger partial charge < -0.3 is 5.32 Å². The zero-order chi connectivity index (χ0) is 10.5. The van der Waals surface area contributed by atoms with Gasteiger partial charge in [0.1, 0.15) is 4.73 Å². The third-order valence-corrected chi connectivity index (χ3v) is 3.64. The number of nitrogens with one attached hydrogen (secondary N) is 1. The second kappa shape index (κ2) is 5.20. The molecular formula is C12H12NPS. The number of anilines is 1. The van der Waals surface area contributed by atoms with Crippen LogP contribution in [-0.4, -0.2) is 10.4 Å². The quantitative estimate of drug-likeness (QED) is 0.633. The molecule has 2 rings (SSSR count). The highest BCUT2D eigenvalue weighted by atomic mass is 32.1. The number of thiocarbonyl (C=S) groups is 1. The number of rotatable bonds is 3. The Bertz CT molecular complexity index is 385. The second-order valence-electron chi connectivity index (χ2n) is 3.26. The van der Waals surface area contributed by atoms with Crippen molar-refractivity contribution >= 4 is 31.2 Å². The molecule has 0 saturated carbocycles. The molecule has 0 amide bonds. The molecule has 1 aliphatic rings. The third kappa shape index (κ3) is 3.26. The first kappa shape index (κ1) is 10.5. The van der Waals surface area contributed by atoms with E-state index in [1.165, 1.54) is 0 Å². The Labute approximate surface area is 97.1 Å². The summed E-state index contributed by atoms with van der Waals surface area (Å²) in [6, 6.07) is 10.1. The maximum atomic E-state index is 5.31. The van der Waals surface area contributed by atoms with Gasteiger partial charge in [-0.05, 0) is 20.7 Å². The largest absolute Gasteiger partial charge is 0.347 e. The Hall–Kier alpha value is -0.980. The Morgan fingerprint density at radius 3 is 2.47 bits per heavy atom. The van der Waals surface area contributed by atoms with Gasteiger partial charge in [-0.1, -0.05) is 54.7 Å². The average Bonchev–Trinajstić information content (AvgIpc) is 2.71. The van der Waals surface area contributed by atoms with E-state index in [0.29, 0.717) is 14.2 Å². The van der Waals surface area contributed by atoms with Crippen LogP contribution in [0.25, 0.3) is 0 Å². The van der Waals surface area contributed by atoms with Gasteiger partial charge in [-0.25, -0.2) is 0 Å². The number of para-hydroxylation sites is 1. The molecule has 1 nitrogen and oxygen atoms in total. The third-order valence-electron chi connectivity index (χ3n) is 2.08. The van der Waals surface area contributed by atoms with E-state index in [2.05, 4.69) is 29.6 Å². The standard InChI is InChI=1S/C12H12NPS/c15-12(14-11-8-4-5-9-11)13-10-6-2-1-3-7-10/h1-9,11,14H,(H,13,15). The van der Waals surface area contributed by atoms with E-state index in [1.54, 1.807) is 0 Å². The number of allylic oxidation sites excluding steroid dienone is 4. The van der Waals surface area contributed by atoms with Gasteiger partial charge in [0, 0.05) is 11.3 Å². The Morgan fingerprint density at radius 2 is 1.80 bits per heavy atom. The van der Waals surface area contributed by atoms with Crippen molar-refractivity contribution in [2.24, 2.45) is 0 Å². The van der Waals surface area contributed by atoms with Gasteiger partial charge in [0.05, 0.1) is 0 Å². The minimum atomic E-state index is 0.494. The highest BCUT2D eigenvalue weighted by molar-refractivity contribution is 7.93. The zero-order valence-electron chi connectivity index (χ0n) is 8.18. The zero-order valence-corrected chi connectivity index (χ0v) is 10.00. The van der Waals surface area contributed by atoms with Gasteiger partial charge >= 0.3 is 0 Å². The summed E-state index contributed by atoms with van der Waals surface area (Å²) in [6.07, 6.45) is 8.50. The summed E-state index contributed by atoms with van der Waals surface area (Å²) in [5.41, 5.74) is 1.56. The molecule has 0 saturated heterocycles. The Morgan fingerprint density at radius 1 is 1.13 bits per heavy atom. The van der Waals surface area contributed by atoms with E-state index in [9.17, 15) is 0 Å². The van der Waals surface area contributed by atoms with Crippen molar-refractivity contribution in [1.82, 2.24) is 0 Å². The van der Waals surface area contributed by atoms with Crippen molar-refractivity contribution in [3.05, 3.63) is 54.6 Å². The van der Waals surface area contributed by atoms with E-state index < -0.39 is 0 Å². The molecule has 0 aliphatic heterocycles. The summed E-state index contributed by atoms with van der Waals surface area (Å²) in [4.78, 5) is 0. The second-order valence-corrected chi connectivity index (χ2v) is 5.49. The van der Waals surface area contributed by atoms with Crippen LogP contribution in [0.2, 0.25) is 0 Å². The molecule has 76 valence electrons. The molecular weight excluding hydrogens is 221 g/mol. The molecule has 1 aromatic rings. The predicted molar refractivity (Wildman–Crippen MR) is 73.0 cm³/mol. The highest BCUT2D eigenvalue weighted by Crippen LogP contribution is 2.27. The molecule has 1 aromatic carbocycles. The van der Waals surface area contributed by atoms with Crippen molar-refractivity contribution in [3.8, 4) is 0 Å². The van der Waals surface area contributed by atoms with Gasteiger partial charge in [-0.2, -0.15) is 0 Å². The molecule has 15 heavy (non-hydrogen) atoms. The molecule has 0 heterocycles. The van der Waals surface area contributed by atoms with E-state index in [-0.39, 0.29) is 0 Å². The van der Waals surface area contributed by atoms with Crippen LogP contribution >= 0.6 is 20.8 Å². The maximum Gasteiger partial charge on any atom is 0.100 e. The van der Waals surface area contributed by atoms with Gasteiger partial charge in [-0.15, -0.1) is 0 Å². The summed E-state index contributed by atoms with van der Waals surface area (Å²) in [5.74, 6) is 0. The van der Waals surface area contributed by atoms with Crippen molar-refractivity contribution < 1.29 is 0 Å². The molecule has 1 atom stereocenters. The van der Waals surface area contributed by atoms with E-state index in [1.807, 2.05) is 30.3 Å². The Balaban J connectivity index is 1.87. The van der Waals surface area contributed by atoms with Crippen LogP contribution in [0, 0.1) is 0 Å². The van der Waals surface area contributed by atoms with Crippen LogP contribution in [0.4, 0.5) is 5.69 Å². The van der Waals surface area contributed by atoms with Crippen LogP contribution < -0.4 is 5.32 Å². The summed E-state index contributed by atoms with van der Waals surface area (Å²) < 4.78 is 0.919. The monoisotopic (exact) mass is 233 g/mol.